The summed E-state index contributed by atoms with van der Waals surface area (Å²) in [7, 11) is 0. The highest BCUT2D eigenvalue weighted by Gasteiger charge is 2.32. The number of ether oxygens (including phenoxy) is 2. The molecule has 0 radical (unpaired) electrons. The maximum Gasteiger partial charge on any atom is 0.387 e. The van der Waals surface area contributed by atoms with Gasteiger partial charge in [-0.25, -0.2) is 0 Å². The van der Waals surface area contributed by atoms with Crippen molar-refractivity contribution in [3.05, 3.63) is 58.8 Å². The number of benzene rings is 2. The molecule has 0 atom stereocenters. The van der Waals surface area contributed by atoms with Crippen molar-refractivity contribution < 1.29 is 28.2 Å². The fraction of sp³-hybridized carbons (Fsp3) is 0.400. The van der Waals surface area contributed by atoms with Crippen LogP contribution in [0, 0.1) is 0 Å². The van der Waals surface area contributed by atoms with Crippen molar-refractivity contribution in [3.63, 3.8) is 0 Å². The van der Waals surface area contributed by atoms with E-state index in [4.69, 9.17) is 4.74 Å². The number of carbonyl (C=O) groups excluding carboxylic acids is 1. The summed E-state index contributed by atoms with van der Waals surface area (Å²) < 4.78 is 35.9. The number of allylic oxidation sites excluding steroid dienone is 1. The molecule has 2 aromatic carbocycles. The van der Waals surface area contributed by atoms with E-state index in [1.807, 2.05) is 0 Å². The van der Waals surface area contributed by atoms with Gasteiger partial charge in [0.15, 0.2) is 5.76 Å². The Bertz CT molecular complexity index is 966. The van der Waals surface area contributed by atoms with E-state index in [-0.39, 0.29) is 23.0 Å². The number of fused-ring (bicyclic) bond motifs is 1. The number of hydrogen-bond donors (Lipinski definition) is 1. The third kappa shape index (κ3) is 5.65. The van der Waals surface area contributed by atoms with E-state index in [0.717, 1.165) is 38.8 Å². The van der Waals surface area contributed by atoms with Gasteiger partial charge < -0.3 is 14.6 Å². The summed E-state index contributed by atoms with van der Waals surface area (Å²) >= 11 is 0. The highest BCUT2D eigenvalue weighted by Crippen LogP contribution is 2.40. The molecule has 7 heteroatoms. The highest BCUT2D eigenvalue weighted by molar-refractivity contribution is 6.15. The maximum atomic E-state index is 13.0. The quantitative estimate of drug-likeness (QED) is 0.429. The van der Waals surface area contributed by atoms with Crippen LogP contribution in [0.15, 0.2) is 42.2 Å². The van der Waals surface area contributed by atoms with E-state index in [1.54, 1.807) is 18.2 Å². The standard InChI is InChI=1S/C25H29F2NO4/c1-3-5-13-28(14-6-4-2)16-19-20(29)12-11-18-23(30)22(31-24(18)19)15-17-9-7-8-10-21(17)32-25(26)27/h7-12,15,25,29H,3-6,13-14,16H2,1-2H3/b22-15+. The average Bonchev–Trinajstić information content (AvgIpc) is 3.08. The van der Waals surface area contributed by atoms with Gasteiger partial charge in [0.1, 0.15) is 17.2 Å². The van der Waals surface area contributed by atoms with E-state index >= 15 is 0 Å². The second-order valence-corrected chi connectivity index (χ2v) is 7.78. The molecule has 0 amide bonds. The maximum absolute atomic E-state index is 13.0. The minimum atomic E-state index is -2.98. The van der Waals surface area contributed by atoms with E-state index in [0.29, 0.717) is 29.0 Å². The molecule has 0 unspecified atom stereocenters. The minimum Gasteiger partial charge on any atom is -0.507 e. The molecule has 172 valence electrons. The predicted octanol–water partition coefficient (Wildman–Crippen LogP) is 6.01. The summed E-state index contributed by atoms with van der Waals surface area (Å²) in [5, 5.41) is 10.5. The summed E-state index contributed by atoms with van der Waals surface area (Å²) in [5.74, 6) is -0.00734. The Hall–Kier alpha value is -2.93. The first-order chi connectivity index (χ1) is 15.4. The van der Waals surface area contributed by atoms with Crippen LogP contribution in [-0.2, 0) is 6.54 Å². The number of ketones is 1. The number of rotatable bonds is 11. The van der Waals surface area contributed by atoms with Crippen LogP contribution in [-0.4, -0.2) is 35.5 Å². The lowest BCUT2D eigenvalue weighted by atomic mass is 10.0. The van der Waals surface area contributed by atoms with Crippen LogP contribution in [0.5, 0.6) is 17.2 Å². The number of Topliss-reactive ketones (excluding diaryl/α,β-unsaturated/α-hetero) is 1. The number of carbonyl (C=O) groups is 1. The lowest BCUT2D eigenvalue weighted by Crippen LogP contribution is -2.25. The van der Waals surface area contributed by atoms with Gasteiger partial charge in [-0.2, -0.15) is 8.78 Å². The normalized spacial score (nSPS) is 14.3. The Labute approximate surface area is 187 Å². The number of aromatic hydroxyl groups is 1. The Kier molecular flexibility index (Phi) is 8.22. The number of unbranched alkanes of at least 4 members (excludes halogenated alkanes) is 2. The molecule has 3 rings (SSSR count). The first-order valence-corrected chi connectivity index (χ1v) is 11.0. The minimum absolute atomic E-state index is 0.00540. The van der Waals surface area contributed by atoms with Gasteiger partial charge in [0.05, 0.1) is 11.1 Å². The number of alkyl halides is 2. The smallest absolute Gasteiger partial charge is 0.387 e. The molecular formula is C25H29F2NO4. The second-order valence-electron chi connectivity index (χ2n) is 7.78. The van der Waals surface area contributed by atoms with Crippen LogP contribution in [0.4, 0.5) is 8.78 Å². The number of para-hydroxylation sites is 1. The van der Waals surface area contributed by atoms with E-state index < -0.39 is 6.61 Å². The molecule has 0 fully saturated rings. The Balaban J connectivity index is 1.91. The van der Waals surface area contributed by atoms with Gasteiger partial charge in [0.2, 0.25) is 5.78 Å². The van der Waals surface area contributed by atoms with Crippen LogP contribution < -0.4 is 9.47 Å². The van der Waals surface area contributed by atoms with Gasteiger partial charge in [-0.15, -0.1) is 0 Å². The fourth-order valence-corrected chi connectivity index (χ4v) is 3.65. The van der Waals surface area contributed by atoms with Crippen molar-refractivity contribution in [2.24, 2.45) is 0 Å². The van der Waals surface area contributed by atoms with Gasteiger partial charge >= 0.3 is 6.61 Å². The Morgan fingerprint density at radius 3 is 2.44 bits per heavy atom. The van der Waals surface area contributed by atoms with Gasteiger partial charge in [-0.1, -0.05) is 44.9 Å². The van der Waals surface area contributed by atoms with Crippen molar-refractivity contribution in [1.82, 2.24) is 4.90 Å². The van der Waals surface area contributed by atoms with Crippen LogP contribution in [0.25, 0.3) is 6.08 Å². The van der Waals surface area contributed by atoms with Crippen molar-refractivity contribution in [1.29, 1.82) is 0 Å². The van der Waals surface area contributed by atoms with Crippen molar-refractivity contribution >= 4 is 11.9 Å². The largest absolute Gasteiger partial charge is 0.507 e. The van der Waals surface area contributed by atoms with Crippen molar-refractivity contribution in [2.45, 2.75) is 52.7 Å². The molecule has 0 spiro atoms. The first kappa shape index (κ1) is 23.7. The van der Waals surface area contributed by atoms with Crippen LogP contribution in [0.1, 0.15) is 61.0 Å². The SMILES string of the molecule is CCCCN(CCCC)Cc1c(O)ccc2c1O/C(=C/c1ccccc1OC(F)F)C2=O. The third-order valence-corrected chi connectivity index (χ3v) is 5.38. The number of phenolic OH excluding ortho intramolecular Hbond substituents is 1. The number of halogens is 2. The molecule has 1 heterocycles. The number of nitrogens with zero attached hydrogens (tertiary/aromatic N) is 1. The van der Waals surface area contributed by atoms with Gasteiger partial charge in [-0.3, -0.25) is 9.69 Å². The molecule has 1 N–H and O–H groups in total. The molecule has 32 heavy (non-hydrogen) atoms. The third-order valence-electron chi connectivity index (χ3n) is 5.38. The summed E-state index contributed by atoms with van der Waals surface area (Å²) in [6, 6.07) is 9.24. The predicted molar refractivity (Wildman–Crippen MR) is 119 cm³/mol. The van der Waals surface area contributed by atoms with Crippen LogP contribution in [0.3, 0.4) is 0 Å². The topological polar surface area (TPSA) is 59.0 Å². The molecule has 0 aliphatic carbocycles. The monoisotopic (exact) mass is 445 g/mol. The summed E-state index contributed by atoms with van der Waals surface area (Å²) in [6.45, 7) is 3.51. The zero-order chi connectivity index (χ0) is 23.1. The lowest BCUT2D eigenvalue weighted by molar-refractivity contribution is -0.0499. The molecule has 0 saturated carbocycles. The average molecular weight is 446 g/mol. The van der Waals surface area contributed by atoms with Gasteiger partial charge in [0, 0.05) is 12.1 Å². The molecule has 0 aromatic heterocycles. The van der Waals surface area contributed by atoms with Crippen LogP contribution >= 0.6 is 0 Å². The zero-order valence-electron chi connectivity index (χ0n) is 18.4. The number of phenols is 1. The first-order valence-electron chi connectivity index (χ1n) is 11.0. The van der Waals surface area contributed by atoms with E-state index in [2.05, 4.69) is 23.5 Å². The lowest BCUT2D eigenvalue weighted by Gasteiger charge is -2.23. The Morgan fingerprint density at radius 2 is 1.78 bits per heavy atom. The van der Waals surface area contributed by atoms with E-state index in [9.17, 15) is 18.7 Å². The zero-order valence-corrected chi connectivity index (χ0v) is 18.4. The number of hydrogen-bond acceptors (Lipinski definition) is 5. The van der Waals surface area contributed by atoms with E-state index in [1.165, 1.54) is 24.3 Å². The molecule has 0 bridgehead atoms. The molecule has 1 aliphatic rings. The van der Waals surface area contributed by atoms with Crippen molar-refractivity contribution in [3.8, 4) is 17.2 Å². The second kappa shape index (κ2) is 11.1. The molecule has 1 aliphatic heterocycles. The fourth-order valence-electron chi connectivity index (χ4n) is 3.65. The Morgan fingerprint density at radius 1 is 1.09 bits per heavy atom. The molecular weight excluding hydrogens is 416 g/mol. The van der Waals surface area contributed by atoms with Crippen molar-refractivity contribution in [2.75, 3.05) is 13.1 Å². The van der Waals surface area contributed by atoms with Gasteiger partial charge in [-0.05, 0) is 50.2 Å². The molecule has 2 aromatic rings. The van der Waals surface area contributed by atoms with Crippen LogP contribution in [0.2, 0.25) is 0 Å². The van der Waals surface area contributed by atoms with Gasteiger partial charge in [0.25, 0.3) is 0 Å². The summed E-state index contributed by atoms with van der Waals surface area (Å²) in [5.41, 5.74) is 1.22. The summed E-state index contributed by atoms with van der Waals surface area (Å²) in [6.07, 6.45) is 5.58. The molecule has 5 nitrogen and oxygen atoms in total. The highest BCUT2D eigenvalue weighted by atomic mass is 19.3. The molecule has 0 saturated heterocycles. The summed E-state index contributed by atoms with van der Waals surface area (Å²) in [4.78, 5) is 15.2.